The summed E-state index contributed by atoms with van der Waals surface area (Å²) in [6.45, 7) is 14.0. The summed E-state index contributed by atoms with van der Waals surface area (Å²) in [6.07, 6.45) is 18.3. The zero-order valence-corrected chi connectivity index (χ0v) is 48.3. The predicted molar refractivity (Wildman–Crippen MR) is 305 cm³/mol. The van der Waals surface area contributed by atoms with Gasteiger partial charge in [0.2, 0.25) is 0 Å². The molecule has 0 spiro atoms. The first kappa shape index (κ1) is 63.5. The van der Waals surface area contributed by atoms with E-state index in [1.165, 1.54) is 19.1 Å². The first-order valence-electron chi connectivity index (χ1n) is 28.2. The van der Waals surface area contributed by atoms with Gasteiger partial charge in [0.25, 0.3) is 0 Å². The van der Waals surface area contributed by atoms with Crippen LogP contribution < -0.4 is 5.32 Å². The molecule has 2 bridgehead atoms. The summed E-state index contributed by atoms with van der Waals surface area (Å²) in [4.78, 5) is 85.9. The first-order chi connectivity index (χ1) is 38.4. The molecule has 16 nitrogen and oxygen atoms in total. The second kappa shape index (κ2) is 27.8. The number of ether oxygens (including phenoxy) is 6. The highest BCUT2D eigenvalue weighted by atomic mass is 16.6. The van der Waals surface area contributed by atoms with Crippen LogP contribution in [0.1, 0.15) is 148 Å². The highest BCUT2D eigenvalue weighted by Crippen LogP contribution is 2.64. The molecule has 2 aromatic rings. The summed E-state index contributed by atoms with van der Waals surface area (Å²) < 4.78 is 36.6. The van der Waals surface area contributed by atoms with Gasteiger partial charge in [0.05, 0.1) is 35.6 Å². The summed E-state index contributed by atoms with van der Waals surface area (Å²) in [5.74, 6) is -6.26. The van der Waals surface area contributed by atoms with Gasteiger partial charge in [-0.05, 0) is 108 Å². The molecule has 81 heavy (non-hydrogen) atoms. The van der Waals surface area contributed by atoms with Gasteiger partial charge in [-0.25, -0.2) is 14.4 Å². The zero-order valence-electron chi connectivity index (χ0n) is 48.3. The lowest BCUT2D eigenvalue weighted by atomic mass is 9.44. The monoisotopic (exact) mass is 1120 g/mol. The van der Waals surface area contributed by atoms with Gasteiger partial charge in [-0.2, -0.15) is 0 Å². The van der Waals surface area contributed by atoms with Crippen molar-refractivity contribution in [3.63, 3.8) is 0 Å². The number of amides is 1. The number of ketones is 1. The average molecular weight is 1120 g/mol. The Kier molecular flexibility index (Phi) is 21.8. The van der Waals surface area contributed by atoms with Gasteiger partial charge in [-0.3, -0.25) is 14.4 Å². The number of esters is 4. The summed E-state index contributed by atoms with van der Waals surface area (Å²) in [7, 11) is 0. The molecule has 3 fully saturated rings. The first-order valence-corrected chi connectivity index (χ1v) is 28.2. The number of hydrogen-bond acceptors (Lipinski definition) is 15. The van der Waals surface area contributed by atoms with E-state index in [-0.39, 0.29) is 42.6 Å². The van der Waals surface area contributed by atoms with Crippen LogP contribution in [0.5, 0.6) is 0 Å². The van der Waals surface area contributed by atoms with E-state index < -0.39 is 118 Å². The molecule has 1 aliphatic heterocycles. The molecule has 1 amide bonds. The number of Topliss-reactive ketones (excluding diaryl/α,β-unsaturated/α-hetero) is 1. The molecule has 4 aliphatic rings. The van der Waals surface area contributed by atoms with Crippen molar-refractivity contribution in [1.29, 1.82) is 0 Å². The van der Waals surface area contributed by atoms with Crippen LogP contribution >= 0.6 is 0 Å². The van der Waals surface area contributed by atoms with Crippen LogP contribution in [-0.2, 0) is 47.6 Å². The third kappa shape index (κ3) is 14.9. The molecule has 1 saturated heterocycles. The highest BCUT2D eigenvalue weighted by molar-refractivity contribution is 5.96. The zero-order chi connectivity index (χ0) is 59.2. The fourth-order valence-corrected chi connectivity index (χ4v) is 11.7. The van der Waals surface area contributed by atoms with Crippen molar-refractivity contribution < 1.29 is 72.5 Å². The summed E-state index contributed by atoms with van der Waals surface area (Å²) in [5.41, 5.74) is -8.50. The minimum Gasteiger partial charge on any atom is -0.456 e. The van der Waals surface area contributed by atoms with Crippen LogP contribution in [0.2, 0.25) is 0 Å². The normalized spacial score (nSPS) is 28.0. The van der Waals surface area contributed by atoms with Crippen LogP contribution in [0, 0.1) is 16.7 Å². The number of alkyl carbamates (subject to hydrolysis) is 1. The van der Waals surface area contributed by atoms with E-state index in [4.69, 9.17) is 28.4 Å². The number of fused-ring (bicyclic) bond motifs is 5. The molecule has 6 rings (SSSR count). The van der Waals surface area contributed by atoms with E-state index in [2.05, 4.69) is 60.8 Å². The lowest BCUT2D eigenvalue weighted by molar-refractivity contribution is -0.346. The van der Waals surface area contributed by atoms with Gasteiger partial charge in [0, 0.05) is 31.6 Å². The maximum Gasteiger partial charge on any atom is 0.408 e. The second-order valence-electron chi connectivity index (χ2n) is 23.0. The molecule has 0 radical (unpaired) electrons. The van der Waals surface area contributed by atoms with Crippen LogP contribution in [0.15, 0.2) is 145 Å². The molecule has 438 valence electrons. The number of carbonyl (C=O) groups is 6. The molecule has 1 unspecified atom stereocenters. The quantitative estimate of drug-likeness (QED) is 0.0461. The molecule has 2 saturated carbocycles. The van der Waals surface area contributed by atoms with Crippen molar-refractivity contribution in [2.75, 3.05) is 6.61 Å². The Hall–Kier alpha value is -6.72. The Morgan fingerprint density at radius 3 is 1.85 bits per heavy atom. The van der Waals surface area contributed by atoms with Crippen LogP contribution in [0.3, 0.4) is 0 Å². The number of allylic oxidation sites excluding steroid dienone is 12. The number of aliphatic hydroxyl groups excluding tert-OH is 2. The smallest absolute Gasteiger partial charge is 0.408 e. The van der Waals surface area contributed by atoms with Crippen molar-refractivity contribution in [1.82, 2.24) is 5.32 Å². The SMILES string of the molecule is CC/C=C\C/C=C\C/C=C\C/C=C\C/C=C\C/C=C\CCC(=O)O[C@H]1C(=O)[C@@]2(C)C([C@H](OC(=O)c3ccccc3)[C@]3(O)C[C@H](OC(=O)[C@H](O)[C@@H](NC(=O)OC(C)(C)C)c4ccccc4)C(C)=C1C3(C)C)[C@]1(OC(C)=O)CO[C@@H]1C[C@@H]2O. The molecule has 16 heteroatoms. The molecular formula is C65H83NO15. The maximum atomic E-state index is 16.1. The Bertz CT molecular complexity index is 2750. The fourth-order valence-electron chi connectivity index (χ4n) is 11.7. The molecule has 4 N–H and O–H groups in total. The minimum absolute atomic E-state index is 0.0107. The Morgan fingerprint density at radius 1 is 0.790 bits per heavy atom. The summed E-state index contributed by atoms with van der Waals surface area (Å²) >= 11 is 0. The van der Waals surface area contributed by atoms with Gasteiger partial charge in [0.15, 0.2) is 23.6 Å². The minimum atomic E-state index is -2.44. The van der Waals surface area contributed by atoms with E-state index in [9.17, 15) is 39.3 Å². The number of aliphatic hydroxyl groups is 3. The fraction of sp³-hybridized carbons (Fsp3) is 0.508. The predicted octanol–water partition coefficient (Wildman–Crippen LogP) is 10.3. The lowest BCUT2D eigenvalue weighted by Gasteiger charge is -2.67. The molecule has 3 aliphatic carbocycles. The van der Waals surface area contributed by atoms with E-state index in [1.807, 2.05) is 24.3 Å². The number of carbonyl (C=O) groups excluding carboxylic acids is 6. The van der Waals surface area contributed by atoms with Crippen molar-refractivity contribution in [3.8, 4) is 0 Å². The standard InChI is InChI=1S/C65H83NO15/c1-10-11-12-13-14-15-16-17-18-19-20-21-22-23-24-25-26-27-34-39-50(69)78-54-51-43(2)47(77-59(73)53(70)52(45-35-30-28-31-36-45)66-60(74)81-61(4,5)6)41-65(75,62(51,7)8)57(79-58(72)46-37-32-29-33-38-46)55-63(9,56(54)71)48(68)40-49-64(55,42-76-49)80-44(3)67/h11-12,14-15,17-18,20-21,23-24,26-33,35-38,47-49,52-55,57,68,70,75H,10,13,16,19,22,25,34,39-42H2,1-9H3,(H,66,74)/b12-11-,15-14-,18-17-,21-20-,24-23-,27-26-/t47-,48-,49+,52-,53+,54+,55?,57-,63+,64-,65+/m0/s1. The molecular weight excluding hydrogens is 1030 g/mol. The van der Waals surface area contributed by atoms with E-state index in [1.54, 1.807) is 90.1 Å². The van der Waals surface area contributed by atoms with E-state index >= 15 is 4.79 Å². The van der Waals surface area contributed by atoms with Crippen molar-refractivity contribution in [2.24, 2.45) is 16.7 Å². The van der Waals surface area contributed by atoms with Gasteiger partial charge >= 0.3 is 30.0 Å². The van der Waals surface area contributed by atoms with Gasteiger partial charge in [-0.15, -0.1) is 0 Å². The Labute approximate surface area is 477 Å². The van der Waals surface area contributed by atoms with Crippen LogP contribution in [0.25, 0.3) is 0 Å². The van der Waals surface area contributed by atoms with Crippen molar-refractivity contribution in [2.45, 2.75) is 186 Å². The van der Waals surface area contributed by atoms with Crippen LogP contribution in [0.4, 0.5) is 4.79 Å². The number of hydrogen-bond donors (Lipinski definition) is 4. The number of rotatable bonds is 23. The maximum absolute atomic E-state index is 16.1. The lowest BCUT2D eigenvalue weighted by Crippen LogP contribution is -2.82. The van der Waals surface area contributed by atoms with Crippen LogP contribution in [-0.4, -0.2) is 111 Å². The largest absolute Gasteiger partial charge is 0.456 e. The van der Waals surface area contributed by atoms with Gasteiger partial charge < -0.3 is 49.1 Å². The van der Waals surface area contributed by atoms with Gasteiger partial charge in [-0.1, -0.05) is 142 Å². The van der Waals surface area contributed by atoms with Gasteiger partial charge in [0.1, 0.15) is 29.5 Å². The van der Waals surface area contributed by atoms with Crippen molar-refractivity contribution in [3.05, 3.63) is 156 Å². The number of nitrogens with one attached hydrogen (secondary N) is 1. The average Bonchev–Trinajstić information content (AvgIpc) is 3.41. The molecule has 11 atom stereocenters. The molecule has 2 aromatic carbocycles. The topological polar surface area (TPSA) is 231 Å². The molecule has 1 heterocycles. The van der Waals surface area contributed by atoms with Crippen molar-refractivity contribution >= 4 is 35.8 Å². The van der Waals surface area contributed by atoms with E-state index in [0.717, 1.165) is 39.0 Å². The second-order valence-corrected chi connectivity index (χ2v) is 23.0. The molecule has 0 aromatic heterocycles. The third-order valence-corrected chi connectivity index (χ3v) is 15.9. The van der Waals surface area contributed by atoms with E-state index in [0.29, 0.717) is 12.0 Å². The Morgan fingerprint density at radius 2 is 1.33 bits per heavy atom. The Balaban J connectivity index is 1.34. The number of benzene rings is 2. The summed E-state index contributed by atoms with van der Waals surface area (Å²) in [6, 6.07) is 14.6. The third-order valence-electron chi connectivity index (χ3n) is 15.9. The highest BCUT2D eigenvalue weighted by Gasteiger charge is 2.78. The summed E-state index contributed by atoms with van der Waals surface area (Å²) in [5, 5.41) is 40.9.